The van der Waals surface area contributed by atoms with Gasteiger partial charge in [0.1, 0.15) is 24.4 Å². The Labute approximate surface area is 186 Å². The number of rotatable bonds is 12. The SMILES string of the molecule is CCN(C(=O)[C@H](C)N)[C@H](CC(CC(C)O[C@@H]1[C@@H](N)[C@@H](O)O[C@H](CO)[C@H]1O)C(=O)O)C(N)=O. The van der Waals surface area contributed by atoms with Gasteiger partial charge in [0, 0.05) is 6.54 Å². The van der Waals surface area contributed by atoms with E-state index in [4.69, 9.17) is 26.7 Å². The van der Waals surface area contributed by atoms with E-state index in [1.807, 2.05) is 0 Å². The molecule has 0 bridgehead atoms. The summed E-state index contributed by atoms with van der Waals surface area (Å²) in [6, 6.07) is -3.23. The minimum absolute atomic E-state index is 0.107. The van der Waals surface area contributed by atoms with Crippen LogP contribution in [0.2, 0.25) is 0 Å². The number of hydrogen-bond donors (Lipinski definition) is 7. The third-order valence-corrected chi connectivity index (χ3v) is 5.50. The lowest BCUT2D eigenvalue weighted by Gasteiger charge is -2.42. The van der Waals surface area contributed by atoms with Crippen molar-refractivity contribution >= 4 is 17.8 Å². The molecule has 2 amide bonds. The van der Waals surface area contributed by atoms with Gasteiger partial charge in [-0.05, 0) is 33.6 Å². The fourth-order valence-electron chi connectivity index (χ4n) is 3.75. The smallest absolute Gasteiger partial charge is 0.306 e. The number of nitrogens with two attached hydrogens (primary N) is 3. The van der Waals surface area contributed by atoms with Crippen molar-refractivity contribution in [2.24, 2.45) is 23.1 Å². The molecule has 0 aliphatic carbocycles. The number of aliphatic carboxylic acids is 1. The molecule has 0 spiro atoms. The van der Waals surface area contributed by atoms with Crippen LogP contribution in [0.4, 0.5) is 0 Å². The van der Waals surface area contributed by atoms with Crippen LogP contribution in [0.1, 0.15) is 33.6 Å². The number of carbonyl (C=O) groups is 3. The predicted octanol–water partition coefficient (Wildman–Crippen LogP) is -3.31. The number of aliphatic hydroxyl groups is 3. The van der Waals surface area contributed by atoms with Crippen molar-refractivity contribution in [3.05, 3.63) is 0 Å². The minimum atomic E-state index is -1.50. The standard InChI is InChI=1S/C19H36N4O9/c1-4-23(17(27)9(3)20)11(16(22)26)6-10(18(28)29)5-8(2)31-15-13(21)19(30)32-12(7-24)14(15)25/h8-15,19,24-25,30H,4-7,20-21H2,1-3H3,(H2,22,26)(H,28,29)/t8?,9-,10?,11+,12+,13+,14+,15+,19-/m0/s1. The highest BCUT2D eigenvalue weighted by atomic mass is 16.6. The van der Waals surface area contributed by atoms with Crippen molar-refractivity contribution in [1.29, 1.82) is 0 Å². The molecule has 1 aliphatic heterocycles. The van der Waals surface area contributed by atoms with Crippen LogP contribution in [-0.4, -0.2) is 105 Å². The number of carboxylic acids is 1. The molecule has 13 nitrogen and oxygen atoms in total. The van der Waals surface area contributed by atoms with Crippen LogP contribution in [0.3, 0.4) is 0 Å². The van der Waals surface area contributed by atoms with E-state index >= 15 is 0 Å². The number of carbonyl (C=O) groups excluding carboxylic acids is 2. The number of aliphatic hydroxyl groups excluding tert-OH is 3. The summed E-state index contributed by atoms with van der Waals surface area (Å²) in [4.78, 5) is 37.4. The van der Waals surface area contributed by atoms with Crippen molar-refractivity contribution in [2.45, 2.75) is 82.4 Å². The number of carboxylic acid groups (broad SMARTS) is 1. The molecule has 13 heteroatoms. The molecular formula is C19H36N4O9. The van der Waals surface area contributed by atoms with Crippen LogP contribution in [0.5, 0.6) is 0 Å². The molecule has 2 unspecified atom stereocenters. The Morgan fingerprint density at radius 2 is 1.78 bits per heavy atom. The molecule has 0 saturated carbocycles. The highest BCUT2D eigenvalue weighted by molar-refractivity contribution is 5.89. The third-order valence-electron chi connectivity index (χ3n) is 5.50. The van der Waals surface area contributed by atoms with Gasteiger partial charge < -0.3 is 52.0 Å². The second-order valence-electron chi connectivity index (χ2n) is 8.06. The molecule has 0 aromatic rings. The first-order chi connectivity index (χ1) is 14.8. The Hall–Kier alpha value is -1.87. The topological polar surface area (TPSA) is 232 Å². The van der Waals surface area contributed by atoms with Crippen molar-refractivity contribution < 1.29 is 44.3 Å². The van der Waals surface area contributed by atoms with Gasteiger partial charge in [-0.1, -0.05) is 0 Å². The number of ether oxygens (including phenoxy) is 2. The normalized spacial score (nSPS) is 29.6. The molecular weight excluding hydrogens is 428 g/mol. The molecule has 1 heterocycles. The van der Waals surface area contributed by atoms with Crippen molar-refractivity contribution in [3.63, 3.8) is 0 Å². The molecule has 1 rings (SSSR count). The van der Waals surface area contributed by atoms with Crippen molar-refractivity contribution in [1.82, 2.24) is 4.90 Å². The number of hydrogen-bond acceptors (Lipinski definition) is 10. The Balaban J connectivity index is 2.96. The first-order valence-electron chi connectivity index (χ1n) is 10.5. The Bertz CT molecular complexity index is 650. The number of primary amides is 1. The van der Waals surface area contributed by atoms with E-state index in [2.05, 4.69) is 0 Å². The second kappa shape index (κ2) is 12.4. The van der Waals surface area contributed by atoms with E-state index in [1.54, 1.807) is 6.92 Å². The van der Waals surface area contributed by atoms with E-state index in [0.29, 0.717) is 0 Å². The maximum Gasteiger partial charge on any atom is 0.306 e. The molecule has 186 valence electrons. The largest absolute Gasteiger partial charge is 0.481 e. The molecule has 1 fully saturated rings. The Kier molecular flexibility index (Phi) is 10.9. The maximum absolute atomic E-state index is 12.3. The van der Waals surface area contributed by atoms with E-state index in [9.17, 15) is 34.8 Å². The lowest BCUT2D eigenvalue weighted by atomic mass is 9.92. The Morgan fingerprint density at radius 3 is 2.22 bits per heavy atom. The summed E-state index contributed by atoms with van der Waals surface area (Å²) in [6.07, 6.45) is -6.29. The molecule has 9 atom stereocenters. The highest BCUT2D eigenvalue weighted by Gasteiger charge is 2.44. The lowest BCUT2D eigenvalue weighted by Crippen LogP contribution is -2.63. The lowest BCUT2D eigenvalue weighted by molar-refractivity contribution is -0.263. The summed E-state index contributed by atoms with van der Waals surface area (Å²) in [7, 11) is 0. The summed E-state index contributed by atoms with van der Waals surface area (Å²) < 4.78 is 10.7. The fourth-order valence-corrected chi connectivity index (χ4v) is 3.75. The van der Waals surface area contributed by atoms with E-state index in [0.717, 1.165) is 4.90 Å². The van der Waals surface area contributed by atoms with Crippen molar-refractivity contribution in [2.75, 3.05) is 13.2 Å². The van der Waals surface area contributed by atoms with Crippen molar-refractivity contribution in [3.8, 4) is 0 Å². The molecule has 0 radical (unpaired) electrons. The van der Waals surface area contributed by atoms with Crippen LogP contribution >= 0.6 is 0 Å². The predicted molar refractivity (Wildman–Crippen MR) is 111 cm³/mol. The first-order valence-corrected chi connectivity index (χ1v) is 10.5. The molecule has 32 heavy (non-hydrogen) atoms. The van der Waals surface area contributed by atoms with Crippen LogP contribution in [-0.2, 0) is 23.9 Å². The quantitative estimate of drug-likeness (QED) is 0.151. The van der Waals surface area contributed by atoms with Crippen LogP contribution in [0.15, 0.2) is 0 Å². The molecule has 1 saturated heterocycles. The van der Waals surface area contributed by atoms with Gasteiger partial charge in [-0.2, -0.15) is 0 Å². The average Bonchev–Trinajstić information content (AvgIpc) is 2.72. The molecule has 10 N–H and O–H groups in total. The molecule has 0 aromatic carbocycles. The number of amides is 2. The van der Waals surface area contributed by atoms with Gasteiger partial charge in [-0.15, -0.1) is 0 Å². The van der Waals surface area contributed by atoms with Crippen LogP contribution in [0.25, 0.3) is 0 Å². The van der Waals surface area contributed by atoms with Gasteiger partial charge in [-0.3, -0.25) is 14.4 Å². The van der Waals surface area contributed by atoms with Gasteiger partial charge in [0.25, 0.3) is 0 Å². The first kappa shape index (κ1) is 28.2. The molecule has 1 aliphatic rings. The van der Waals surface area contributed by atoms with Crippen LogP contribution in [0, 0.1) is 5.92 Å². The molecule has 0 aromatic heterocycles. The summed E-state index contributed by atoms with van der Waals surface area (Å²) in [6.45, 7) is 4.13. The zero-order valence-corrected chi connectivity index (χ0v) is 18.5. The monoisotopic (exact) mass is 464 g/mol. The van der Waals surface area contributed by atoms with E-state index < -0.39 is 79.1 Å². The number of nitrogens with zero attached hydrogens (tertiary/aromatic N) is 1. The summed E-state index contributed by atoms with van der Waals surface area (Å²) in [5.41, 5.74) is 16.9. The average molecular weight is 465 g/mol. The maximum atomic E-state index is 12.3. The highest BCUT2D eigenvalue weighted by Crippen LogP contribution is 2.25. The summed E-state index contributed by atoms with van der Waals surface area (Å²) in [5, 5.41) is 39.2. The number of likely N-dealkylation sites (N-methyl/N-ethyl adjacent to an activating group) is 1. The van der Waals surface area contributed by atoms with Gasteiger partial charge in [-0.25, -0.2) is 0 Å². The van der Waals surface area contributed by atoms with E-state index in [1.165, 1.54) is 13.8 Å². The fraction of sp³-hybridized carbons (Fsp3) is 0.842. The summed E-state index contributed by atoms with van der Waals surface area (Å²) >= 11 is 0. The van der Waals surface area contributed by atoms with Gasteiger partial charge in [0.2, 0.25) is 11.8 Å². The summed E-state index contributed by atoms with van der Waals surface area (Å²) in [5.74, 6) is -3.77. The zero-order valence-electron chi connectivity index (χ0n) is 18.5. The second-order valence-corrected chi connectivity index (χ2v) is 8.06. The zero-order chi connectivity index (χ0) is 24.7. The van der Waals surface area contributed by atoms with Gasteiger partial charge in [0.15, 0.2) is 6.29 Å². The van der Waals surface area contributed by atoms with E-state index in [-0.39, 0.29) is 19.4 Å². The van der Waals surface area contributed by atoms with Crippen LogP contribution < -0.4 is 17.2 Å². The van der Waals surface area contributed by atoms with Gasteiger partial charge >= 0.3 is 5.97 Å². The third kappa shape index (κ3) is 7.07. The minimum Gasteiger partial charge on any atom is -0.481 e. The van der Waals surface area contributed by atoms with Gasteiger partial charge in [0.05, 0.1) is 30.7 Å². The Morgan fingerprint density at radius 1 is 1.19 bits per heavy atom.